The van der Waals surface area contributed by atoms with E-state index in [2.05, 4.69) is 0 Å². The van der Waals surface area contributed by atoms with Gasteiger partial charge in [-0.2, -0.15) is 0 Å². The predicted molar refractivity (Wildman–Crippen MR) is 93.3 cm³/mol. The molecule has 1 atom stereocenters. The summed E-state index contributed by atoms with van der Waals surface area (Å²) < 4.78 is 21.7. The highest BCUT2D eigenvalue weighted by molar-refractivity contribution is 5.71. The summed E-state index contributed by atoms with van der Waals surface area (Å²) in [5.41, 5.74) is 2.22. The van der Waals surface area contributed by atoms with Crippen molar-refractivity contribution in [1.29, 1.82) is 0 Å². The minimum absolute atomic E-state index is 0.0321. The summed E-state index contributed by atoms with van der Waals surface area (Å²) in [6.45, 7) is 2.04. The molecule has 132 valence electrons. The Bertz CT molecular complexity index is 723. The largest absolute Gasteiger partial charge is 0.497 e. The molecule has 25 heavy (non-hydrogen) atoms. The molecule has 0 saturated carbocycles. The predicted octanol–water partition coefficient (Wildman–Crippen LogP) is 3.70. The van der Waals surface area contributed by atoms with Gasteiger partial charge in [0, 0.05) is 0 Å². The average Bonchev–Trinajstić information content (AvgIpc) is 2.66. The van der Waals surface area contributed by atoms with Crippen LogP contribution in [0.2, 0.25) is 0 Å². The number of hydrogen-bond donors (Lipinski definition) is 0. The van der Waals surface area contributed by atoms with Crippen LogP contribution in [0.3, 0.4) is 0 Å². The maximum Gasteiger partial charge on any atom is 0.344 e. The summed E-state index contributed by atoms with van der Waals surface area (Å²) in [6.07, 6.45) is 1.81. The Kier molecular flexibility index (Phi) is 5.43. The SMILES string of the molecule is CCOC(=O)COc1ccc2c(c1)CCC(c1ccc(OC)cc1)O2. The molecule has 0 aromatic heterocycles. The number of hydrogen-bond acceptors (Lipinski definition) is 5. The van der Waals surface area contributed by atoms with E-state index in [1.54, 1.807) is 14.0 Å². The van der Waals surface area contributed by atoms with Crippen LogP contribution in [-0.4, -0.2) is 26.3 Å². The highest BCUT2D eigenvalue weighted by atomic mass is 16.6. The molecule has 5 heteroatoms. The van der Waals surface area contributed by atoms with Gasteiger partial charge in [-0.05, 0) is 61.2 Å². The summed E-state index contributed by atoms with van der Waals surface area (Å²) in [5.74, 6) is 1.98. The Balaban J connectivity index is 1.64. The number of carbonyl (C=O) groups is 1. The fourth-order valence-electron chi connectivity index (χ4n) is 2.85. The van der Waals surface area contributed by atoms with E-state index in [0.717, 1.165) is 35.5 Å². The third-order valence-electron chi connectivity index (χ3n) is 4.13. The molecule has 1 aliphatic rings. The molecule has 1 heterocycles. The topological polar surface area (TPSA) is 54.0 Å². The van der Waals surface area contributed by atoms with Gasteiger partial charge in [0.25, 0.3) is 0 Å². The summed E-state index contributed by atoms with van der Waals surface area (Å²) in [4.78, 5) is 11.4. The first kappa shape index (κ1) is 17.1. The number of fused-ring (bicyclic) bond motifs is 1. The molecule has 2 aromatic carbocycles. The van der Waals surface area contributed by atoms with Crippen molar-refractivity contribution in [3.8, 4) is 17.2 Å². The summed E-state index contributed by atoms with van der Waals surface area (Å²) >= 11 is 0. The summed E-state index contributed by atoms with van der Waals surface area (Å²) in [7, 11) is 1.66. The standard InChI is InChI=1S/C20H22O5/c1-3-23-20(21)13-24-17-9-11-19-15(12-17)6-10-18(25-19)14-4-7-16(22-2)8-5-14/h4-5,7-9,11-12,18H,3,6,10,13H2,1-2H3. The molecule has 0 aliphatic carbocycles. The Morgan fingerprint density at radius 1 is 1.16 bits per heavy atom. The van der Waals surface area contributed by atoms with Gasteiger partial charge in [-0.15, -0.1) is 0 Å². The van der Waals surface area contributed by atoms with Crippen LogP contribution in [-0.2, 0) is 16.0 Å². The second-order valence-corrected chi connectivity index (χ2v) is 5.78. The van der Waals surface area contributed by atoms with Crippen molar-refractivity contribution in [2.24, 2.45) is 0 Å². The van der Waals surface area contributed by atoms with E-state index < -0.39 is 0 Å². The van der Waals surface area contributed by atoms with E-state index in [4.69, 9.17) is 18.9 Å². The first-order chi connectivity index (χ1) is 12.2. The van der Waals surface area contributed by atoms with Gasteiger partial charge in [-0.3, -0.25) is 0 Å². The minimum atomic E-state index is -0.365. The van der Waals surface area contributed by atoms with E-state index in [-0.39, 0.29) is 18.7 Å². The Hall–Kier alpha value is -2.69. The fourth-order valence-corrected chi connectivity index (χ4v) is 2.85. The second kappa shape index (κ2) is 7.92. The van der Waals surface area contributed by atoms with Crippen molar-refractivity contribution in [3.63, 3.8) is 0 Å². The van der Waals surface area contributed by atoms with E-state index >= 15 is 0 Å². The Morgan fingerprint density at radius 2 is 1.92 bits per heavy atom. The monoisotopic (exact) mass is 342 g/mol. The van der Waals surface area contributed by atoms with Crippen molar-refractivity contribution in [2.75, 3.05) is 20.3 Å². The van der Waals surface area contributed by atoms with Gasteiger partial charge in [0.1, 0.15) is 23.4 Å². The molecule has 0 spiro atoms. The molecule has 1 unspecified atom stereocenters. The number of aryl methyl sites for hydroxylation is 1. The highest BCUT2D eigenvalue weighted by Crippen LogP contribution is 2.37. The van der Waals surface area contributed by atoms with Gasteiger partial charge < -0.3 is 18.9 Å². The maximum atomic E-state index is 11.4. The molecule has 2 aromatic rings. The number of ether oxygens (including phenoxy) is 4. The van der Waals surface area contributed by atoms with Crippen molar-refractivity contribution in [3.05, 3.63) is 53.6 Å². The lowest BCUT2D eigenvalue weighted by Crippen LogP contribution is -2.16. The number of carbonyl (C=O) groups excluding carboxylic acids is 1. The zero-order valence-electron chi connectivity index (χ0n) is 14.5. The van der Waals surface area contributed by atoms with Crippen LogP contribution in [0, 0.1) is 0 Å². The van der Waals surface area contributed by atoms with Crippen LogP contribution in [0.25, 0.3) is 0 Å². The number of benzene rings is 2. The van der Waals surface area contributed by atoms with Crippen LogP contribution < -0.4 is 14.2 Å². The normalized spacial score (nSPS) is 15.7. The summed E-state index contributed by atoms with van der Waals surface area (Å²) in [5, 5.41) is 0. The van der Waals surface area contributed by atoms with Crippen LogP contribution in [0.5, 0.6) is 17.2 Å². The molecule has 0 fully saturated rings. The number of esters is 1. The van der Waals surface area contributed by atoms with Crippen molar-refractivity contribution < 1.29 is 23.7 Å². The van der Waals surface area contributed by atoms with E-state index in [9.17, 15) is 4.79 Å². The first-order valence-electron chi connectivity index (χ1n) is 8.41. The lowest BCUT2D eigenvalue weighted by molar-refractivity contribution is -0.145. The van der Waals surface area contributed by atoms with Crippen molar-refractivity contribution >= 4 is 5.97 Å². The van der Waals surface area contributed by atoms with Gasteiger partial charge in [0.15, 0.2) is 6.61 Å². The fraction of sp³-hybridized carbons (Fsp3) is 0.350. The molecule has 0 N–H and O–H groups in total. The van der Waals surface area contributed by atoms with E-state index in [1.807, 2.05) is 42.5 Å². The van der Waals surface area contributed by atoms with Crippen LogP contribution in [0.15, 0.2) is 42.5 Å². The van der Waals surface area contributed by atoms with Gasteiger partial charge in [-0.25, -0.2) is 4.79 Å². The van der Waals surface area contributed by atoms with Crippen LogP contribution in [0.4, 0.5) is 0 Å². The Labute approximate surface area is 147 Å². The first-order valence-corrected chi connectivity index (χ1v) is 8.41. The molecule has 3 rings (SSSR count). The maximum absolute atomic E-state index is 11.4. The van der Waals surface area contributed by atoms with Gasteiger partial charge >= 0.3 is 5.97 Å². The minimum Gasteiger partial charge on any atom is -0.497 e. The van der Waals surface area contributed by atoms with Crippen molar-refractivity contribution in [1.82, 2.24) is 0 Å². The average molecular weight is 342 g/mol. The summed E-state index contributed by atoms with van der Waals surface area (Å²) in [6, 6.07) is 13.6. The Morgan fingerprint density at radius 3 is 2.64 bits per heavy atom. The molecule has 0 bridgehead atoms. The molecule has 5 nitrogen and oxygen atoms in total. The lowest BCUT2D eigenvalue weighted by Gasteiger charge is -2.27. The smallest absolute Gasteiger partial charge is 0.344 e. The number of methoxy groups -OCH3 is 1. The molecular weight excluding hydrogens is 320 g/mol. The molecule has 0 amide bonds. The zero-order chi connectivity index (χ0) is 17.6. The van der Waals surface area contributed by atoms with Gasteiger partial charge in [0.05, 0.1) is 13.7 Å². The van der Waals surface area contributed by atoms with Gasteiger partial charge in [-0.1, -0.05) is 12.1 Å². The molecular formula is C20H22O5. The highest BCUT2D eigenvalue weighted by Gasteiger charge is 2.22. The quantitative estimate of drug-likeness (QED) is 0.749. The van der Waals surface area contributed by atoms with Crippen LogP contribution >= 0.6 is 0 Å². The van der Waals surface area contributed by atoms with Gasteiger partial charge in [0.2, 0.25) is 0 Å². The molecule has 1 aliphatic heterocycles. The van der Waals surface area contributed by atoms with Crippen molar-refractivity contribution in [2.45, 2.75) is 25.9 Å². The third kappa shape index (κ3) is 4.24. The zero-order valence-corrected chi connectivity index (χ0v) is 14.5. The number of rotatable bonds is 6. The second-order valence-electron chi connectivity index (χ2n) is 5.78. The van der Waals surface area contributed by atoms with Crippen LogP contribution in [0.1, 0.15) is 30.6 Å². The lowest BCUT2D eigenvalue weighted by atomic mass is 9.97. The molecule has 0 saturated heterocycles. The molecule has 0 radical (unpaired) electrons. The van der Waals surface area contributed by atoms with E-state index in [0.29, 0.717) is 12.4 Å². The third-order valence-corrected chi connectivity index (χ3v) is 4.13. The van der Waals surface area contributed by atoms with E-state index in [1.165, 1.54) is 0 Å².